The SMILES string of the molecule is COc1ccccc1C(=O)S(=O)O. The maximum absolute atomic E-state index is 11.1. The van der Waals surface area contributed by atoms with Gasteiger partial charge < -0.3 is 4.74 Å². The molecule has 0 aliphatic rings. The molecule has 1 aromatic carbocycles. The number of methoxy groups -OCH3 is 1. The van der Waals surface area contributed by atoms with E-state index in [4.69, 9.17) is 9.29 Å². The van der Waals surface area contributed by atoms with Crippen LogP contribution < -0.4 is 4.74 Å². The molecule has 0 fully saturated rings. The quantitative estimate of drug-likeness (QED) is 0.725. The van der Waals surface area contributed by atoms with Gasteiger partial charge in [0.05, 0.1) is 12.7 Å². The molecule has 1 unspecified atom stereocenters. The minimum Gasteiger partial charge on any atom is -0.496 e. The first-order chi connectivity index (χ1) is 6.16. The van der Waals surface area contributed by atoms with E-state index in [2.05, 4.69) is 0 Å². The molecule has 1 atom stereocenters. The van der Waals surface area contributed by atoms with E-state index in [9.17, 15) is 9.00 Å². The lowest BCUT2D eigenvalue weighted by Gasteiger charge is -2.03. The summed E-state index contributed by atoms with van der Waals surface area (Å²) in [5.41, 5.74) is 0.117. The average molecular weight is 200 g/mol. The number of hydrogen-bond donors (Lipinski definition) is 1. The van der Waals surface area contributed by atoms with E-state index in [1.165, 1.54) is 13.2 Å². The highest BCUT2D eigenvalue weighted by Crippen LogP contribution is 2.18. The van der Waals surface area contributed by atoms with Crippen molar-refractivity contribution in [3.05, 3.63) is 29.8 Å². The monoisotopic (exact) mass is 200 g/mol. The van der Waals surface area contributed by atoms with Gasteiger partial charge in [0, 0.05) is 0 Å². The first-order valence-corrected chi connectivity index (χ1v) is 4.55. The number of hydrogen-bond acceptors (Lipinski definition) is 3. The van der Waals surface area contributed by atoms with Crippen LogP contribution in [0.2, 0.25) is 0 Å². The predicted molar refractivity (Wildman–Crippen MR) is 48.1 cm³/mol. The first-order valence-electron chi connectivity index (χ1n) is 3.45. The topological polar surface area (TPSA) is 63.6 Å². The molecule has 5 heteroatoms. The van der Waals surface area contributed by atoms with Crippen molar-refractivity contribution in [2.24, 2.45) is 0 Å². The Bertz CT molecular complexity index is 348. The molecule has 0 aliphatic carbocycles. The van der Waals surface area contributed by atoms with Gasteiger partial charge in [-0.25, -0.2) is 4.21 Å². The van der Waals surface area contributed by atoms with E-state index in [1.54, 1.807) is 18.2 Å². The molecule has 70 valence electrons. The van der Waals surface area contributed by atoms with Crippen LogP contribution >= 0.6 is 0 Å². The molecule has 0 aromatic heterocycles. The van der Waals surface area contributed by atoms with Gasteiger partial charge in [0.2, 0.25) is 11.1 Å². The van der Waals surface area contributed by atoms with Crippen LogP contribution in [0.3, 0.4) is 0 Å². The molecule has 0 saturated carbocycles. The van der Waals surface area contributed by atoms with Crippen LogP contribution in [0.4, 0.5) is 0 Å². The van der Waals surface area contributed by atoms with Crippen molar-refractivity contribution in [3.8, 4) is 5.75 Å². The van der Waals surface area contributed by atoms with Gasteiger partial charge >= 0.3 is 0 Å². The fourth-order valence-corrected chi connectivity index (χ4v) is 1.26. The number of carbonyl (C=O) groups is 1. The molecule has 0 aliphatic heterocycles. The summed E-state index contributed by atoms with van der Waals surface area (Å²) in [5.74, 6) is 0.301. The molecule has 0 amide bonds. The second-order valence-corrected chi connectivity index (χ2v) is 3.11. The third-order valence-corrected chi connectivity index (χ3v) is 2.02. The van der Waals surface area contributed by atoms with E-state index in [0.717, 1.165) is 0 Å². The van der Waals surface area contributed by atoms with Crippen LogP contribution in [0.5, 0.6) is 5.75 Å². The van der Waals surface area contributed by atoms with Crippen LogP contribution in [0, 0.1) is 0 Å². The Morgan fingerprint density at radius 3 is 2.62 bits per heavy atom. The van der Waals surface area contributed by atoms with Crippen LogP contribution in [-0.2, 0) is 11.1 Å². The predicted octanol–water partition coefficient (Wildman–Crippen LogP) is 1.06. The van der Waals surface area contributed by atoms with Gasteiger partial charge in [-0.3, -0.25) is 9.35 Å². The van der Waals surface area contributed by atoms with Crippen molar-refractivity contribution in [1.29, 1.82) is 0 Å². The highest BCUT2D eigenvalue weighted by atomic mass is 32.2. The Kier molecular flexibility index (Phi) is 3.16. The lowest BCUT2D eigenvalue weighted by Crippen LogP contribution is -2.07. The van der Waals surface area contributed by atoms with E-state index >= 15 is 0 Å². The Labute approximate surface area is 77.8 Å². The largest absolute Gasteiger partial charge is 0.496 e. The normalized spacial score (nSPS) is 12.2. The van der Waals surface area contributed by atoms with E-state index in [0.29, 0.717) is 5.75 Å². The van der Waals surface area contributed by atoms with Gasteiger partial charge in [-0.1, -0.05) is 12.1 Å². The van der Waals surface area contributed by atoms with E-state index in [1.807, 2.05) is 0 Å². The summed E-state index contributed by atoms with van der Waals surface area (Å²) in [5, 5.41) is -0.850. The smallest absolute Gasteiger partial charge is 0.280 e. The van der Waals surface area contributed by atoms with Crippen molar-refractivity contribution in [3.63, 3.8) is 0 Å². The van der Waals surface area contributed by atoms with Crippen molar-refractivity contribution < 1.29 is 18.3 Å². The molecule has 0 saturated heterocycles. The fourth-order valence-electron chi connectivity index (χ4n) is 0.907. The molecular weight excluding hydrogens is 192 g/mol. The highest BCUT2D eigenvalue weighted by molar-refractivity contribution is 7.95. The third kappa shape index (κ3) is 2.13. The van der Waals surface area contributed by atoms with Crippen molar-refractivity contribution in [2.75, 3.05) is 7.11 Å². The van der Waals surface area contributed by atoms with Crippen LogP contribution in [0.1, 0.15) is 10.4 Å². The summed E-state index contributed by atoms with van der Waals surface area (Å²) in [6.45, 7) is 0. The summed E-state index contributed by atoms with van der Waals surface area (Å²) in [4.78, 5) is 11.1. The molecule has 0 spiro atoms. The Balaban J connectivity index is 3.13. The summed E-state index contributed by atoms with van der Waals surface area (Å²) in [6, 6.07) is 6.27. The van der Waals surface area contributed by atoms with Crippen LogP contribution in [0.25, 0.3) is 0 Å². The number of rotatable bonds is 2. The summed E-state index contributed by atoms with van der Waals surface area (Å²) in [7, 11) is 1.40. The summed E-state index contributed by atoms with van der Waals surface area (Å²) in [6.07, 6.45) is 0. The maximum Gasteiger partial charge on any atom is 0.280 e. The standard InChI is InChI=1S/C8H8O4S/c1-12-7-5-3-2-4-6(7)8(9)13(10)11/h2-5H,1H3,(H,10,11). The van der Waals surface area contributed by atoms with Crippen molar-refractivity contribution in [1.82, 2.24) is 0 Å². The van der Waals surface area contributed by atoms with Gasteiger partial charge in [0.15, 0.2) is 0 Å². The summed E-state index contributed by atoms with van der Waals surface area (Å²) < 4.78 is 23.9. The zero-order valence-electron chi connectivity index (χ0n) is 6.89. The second-order valence-electron chi connectivity index (χ2n) is 2.24. The zero-order valence-corrected chi connectivity index (χ0v) is 7.71. The van der Waals surface area contributed by atoms with Gasteiger partial charge in [-0.15, -0.1) is 0 Å². The molecule has 1 aromatic rings. The number of ether oxygens (including phenoxy) is 1. The summed E-state index contributed by atoms with van der Waals surface area (Å²) >= 11 is -2.49. The molecule has 0 radical (unpaired) electrons. The lowest BCUT2D eigenvalue weighted by molar-refractivity contribution is 0.107. The van der Waals surface area contributed by atoms with E-state index < -0.39 is 16.2 Å². The first kappa shape index (κ1) is 9.88. The molecule has 4 nitrogen and oxygen atoms in total. The third-order valence-electron chi connectivity index (χ3n) is 1.49. The Hall–Kier alpha value is -1.20. The van der Waals surface area contributed by atoms with Gasteiger partial charge in [0.25, 0.3) is 5.12 Å². The van der Waals surface area contributed by atoms with Crippen molar-refractivity contribution in [2.45, 2.75) is 0 Å². The van der Waals surface area contributed by atoms with Gasteiger partial charge in [-0.05, 0) is 12.1 Å². The zero-order chi connectivity index (χ0) is 9.84. The second kappa shape index (κ2) is 4.15. The Morgan fingerprint density at radius 2 is 2.08 bits per heavy atom. The molecule has 0 heterocycles. The minimum absolute atomic E-state index is 0.117. The molecule has 1 N–H and O–H groups in total. The number of carbonyl (C=O) groups excluding carboxylic acids is 1. The fraction of sp³-hybridized carbons (Fsp3) is 0.125. The molecule has 13 heavy (non-hydrogen) atoms. The number of para-hydroxylation sites is 1. The van der Waals surface area contributed by atoms with Gasteiger partial charge in [0.1, 0.15) is 5.75 Å². The minimum atomic E-state index is -2.49. The van der Waals surface area contributed by atoms with Crippen molar-refractivity contribution >= 4 is 16.2 Å². The van der Waals surface area contributed by atoms with Crippen LogP contribution in [-0.4, -0.2) is 21.0 Å². The highest BCUT2D eigenvalue weighted by Gasteiger charge is 2.16. The maximum atomic E-state index is 11.1. The number of benzene rings is 1. The van der Waals surface area contributed by atoms with Crippen LogP contribution in [0.15, 0.2) is 24.3 Å². The lowest BCUT2D eigenvalue weighted by atomic mass is 10.2. The molecule has 1 rings (SSSR count). The average Bonchev–Trinajstić information content (AvgIpc) is 2.16. The van der Waals surface area contributed by atoms with E-state index in [-0.39, 0.29) is 5.56 Å². The Morgan fingerprint density at radius 1 is 1.46 bits per heavy atom. The molecule has 0 bridgehead atoms. The van der Waals surface area contributed by atoms with Gasteiger partial charge in [-0.2, -0.15) is 0 Å². The molecular formula is C8H8O4S.